The van der Waals surface area contributed by atoms with E-state index in [0.717, 1.165) is 24.2 Å². The van der Waals surface area contributed by atoms with E-state index in [9.17, 15) is 9.18 Å². The molecule has 1 N–H and O–H groups in total. The Kier molecular flexibility index (Phi) is 6.36. The predicted octanol–water partition coefficient (Wildman–Crippen LogP) is 4.66. The molecule has 0 aliphatic carbocycles. The van der Waals surface area contributed by atoms with E-state index in [1.807, 2.05) is 24.3 Å². The summed E-state index contributed by atoms with van der Waals surface area (Å²) < 4.78 is 18.5. The quantitative estimate of drug-likeness (QED) is 0.596. The standard InChI is InChI=1S/C19H20FNO2/c1-2-3-14-23-18-7-5-4-6-15(18)8-13-19(22)21-17-11-9-16(20)10-12-17/h4-13H,2-3,14H2,1H3,(H,21,22). The van der Waals surface area contributed by atoms with E-state index >= 15 is 0 Å². The van der Waals surface area contributed by atoms with Gasteiger partial charge in [-0.2, -0.15) is 0 Å². The monoisotopic (exact) mass is 313 g/mol. The topological polar surface area (TPSA) is 38.3 Å². The summed E-state index contributed by atoms with van der Waals surface area (Å²) in [6, 6.07) is 13.2. The average molecular weight is 313 g/mol. The zero-order chi connectivity index (χ0) is 16.5. The highest BCUT2D eigenvalue weighted by Gasteiger charge is 2.02. The van der Waals surface area contributed by atoms with Crippen molar-refractivity contribution in [1.29, 1.82) is 0 Å². The van der Waals surface area contributed by atoms with Gasteiger partial charge in [0.15, 0.2) is 0 Å². The average Bonchev–Trinajstić information content (AvgIpc) is 2.56. The third kappa shape index (κ3) is 5.58. The van der Waals surface area contributed by atoms with Crippen LogP contribution in [0, 0.1) is 5.82 Å². The third-order valence-electron chi connectivity index (χ3n) is 3.20. The summed E-state index contributed by atoms with van der Waals surface area (Å²) in [6.45, 7) is 2.76. The summed E-state index contributed by atoms with van der Waals surface area (Å²) in [5.74, 6) is 0.142. The zero-order valence-corrected chi connectivity index (χ0v) is 13.1. The first-order chi connectivity index (χ1) is 11.2. The molecule has 2 aromatic rings. The molecular formula is C19H20FNO2. The molecule has 0 spiro atoms. The molecule has 1 amide bonds. The number of ether oxygens (including phenoxy) is 1. The Hall–Kier alpha value is -2.62. The van der Waals surface area contributed by atoms with Gasteiger partial charge in [0.05, 0.1) is 6.61 Å². The number of hydrogen-bond donors (Lipinski definition) is 1. The van der Waals surface area contributed by atoms with Gasteiger partial charge in [-0.05, 0) is 42.8 Å². The van der Waals surface area contributed by atoms with Gasteiger partial charge >= 0.3 is 0 Å². The second kappa shape index (κ2) is 8.73. The van der Waals surface area contributed by atoms with E-state index in [4.69, 9.17) is 4.74 Å². The van der Waals surface area contributed by atoms with Crippen molar-refractivity contribution in [3.8, 4) is 5.75 Å². The zero-order valence-electron chi connectivity index (χ0n) is 13.1. The van der Waals surface area contributed by atoms with Crippen LogP contribution < -0.4 is 10.1 Å². The first kappa shape index (κ1) is 16.7. The van der Waals surface area contributed by atoms with Crippen molar-refractivity contribution in [2.45, 2.75) is 19.8 Å². The molecule has 23 heavy (non-hydrogen) atoms. The Labute approximate surface area is 135 Å². The Morgan fingerprint density at radius 3 is 2.65 bits per heavy atom. The van der Waals surface area contributed by atoms with Crippen LogP contribution >= 0.6 is 0 Å². The van der Waals surface area contributed by atoms with Gasteiger partial charge in [0.25, 0.3) is 0 Å². The minimum Gasteiger partial charge on any atom is -0.493 e. The Bertz CT molecular complexity index is 665. The Morgan fingerprint density at radius 2 is 1.91 bits per heavy atom. The largest absolute Gasteiger partial charge is 0.493 e. The molecule has 0 heterocycles. The van der Waals surface area contributed by atoms with Gasteiger partial charge in [0, 0.05) is 17.3 Å². The van der Waals surface area contributed by atoms with Gasteiger partial charge in [-0.15, -0.1) is 0 Å². The van der Waals surface area contributed by atoms with Gasteiger partial charge in [-0.25, -0.2) is 4.39 Å². The number of benzene rings is 2. The number of amides is 1. The predicted molar refractivity (Wildman–Crippen MR) is 90.9 cm³/mol. The molecule has 0 aromatic heterocycles. The van der Waals surface area contributed by atoms with Crippen LogP contribution in [-0.4, -0.2) is 12.5 Å². The molecule has 0 aliphatic rings. The highest BCUT2D eigenvalue weighted by molar-refractivity contribution is 6.02. The number of para-hydroxylation sites is 1. The molecule has 120 valence electrons. The van der Waals surface area contributed by atoms with Gasteiger partial charge in [-0.3, -0.25) is 4.79 Å². The number of rotatable bonds is 7. The first-order valence-corrected chi connectivity index (χ1v) is 7.65. The van der Waals surface area contributed by atoms with Gasteiger partial charge in [0.2, 0.25) is 5.91 Å². The molecule has 0 bridgehead atoms. The van der Waals surface area contributed by atoms with Crippen molar-refractivity contribution in [2.75, 3.05) is 11.9 Å². The second-order valence-corrected chi connectivity index (χ2v) is 5.07. The summed E-state index contributed by atoms with van der Waals surface area (Å²) in [4.78, 5) is 11.9. The molecule has 0 radical (unpaired) electrons. The van der Waals surface area contributed by atoms with Crippen LogP contribution in [0.2, 0.25) is 0 Å². The lowest BCUT2D eigenvalue weighted by Gasteiger charge is -2.08. The van der Waals surface area contributed by atoms with E-state index in [1.165, 1.54) is 30.3 Å². The number of carbonyl (C=O) groups is 1. The van der Waals surface area contributed by atoms with Crippen LogP contribution in [0.4, 0.5) is 10.1 Å². The summed E-state index contributed by atoms with van der Waals surface area (Å²) in [6.07, 6.45) is 5.20. The minimum atomic E-state index is -0.336. The molecule has 2 rings (SSSR count). The number of anilines is 1. The Balaban J connectivity index is 1.98. The van der Waals surface area contributed by atoms with Crippen molar-refractivity contribution in [1.82, 2.24) is 0 Å². The molecule has 0 saturated carbocycles. The Morgan fingerprint density at radius 1 is 1.17 bits per heavy atom. The van der Waals surface area contributed by atoms with Crippen molar-refractivity contribution < 1.29 is 13.9 Å². The second-order valence-electron chi connectivity index (χ2n) is 5.07. The normalized spacial score (nSPS) is 10.7. The van der Waals surface area contributed by atoms with E-state index in [1.54, 1.807) is 6.08 Å². The summed E-state index contributed by atoms with van der Waals surface area (Å²) in [5, 5.41) is 2.68. The van der Waals surface area contributed by atoms with Crippen LogP contribution in [-0.2, 0) is 4.79 Å². The summed E-state index contributed by atoms with van der Waals surface area (Å²) in [7, 11) is 0. The highest BCUT2D eigenvalue weighted by atomic mass is 19.1. The molecule has 0 aliphatic heterocycles. The highest BCUT2D eigenvalue weighted by Crippen LogP contribution is 2.20. The summed E-state index contributed by atoms with van der Waals surface area (Å²) >= 11 is 0. The number of carbonyl (C=O) groups excluding carboxylic acids is 1. The van der Waals surface area contributed by atoms with Crippen molar-refractivity contribution >= 4 is 17.7 Å². The van der Waals surface area contributed by atoms with Crippen molar-refractivity contribution in [3.63, 3.8) is 0 Å². The molecule has 3 nitrogen and oxygen atoms in total. The molecule has 0 unspecified atom stereocenters. The van der Waals surface area contributed by atoms with Crippen LogP contribution in [0.15, 0.2) is 54.6 Å². The van der Waals surface area contributed by atoms with E-state index in [-0.39, 0.29) is 11.7 Å². The summed E-state index contributed by atoms with van der Waals surface area (Å²) in [5.41, 5.74) is 1.39. The molecule has 0 fully saturated rings. The fourth-order valence-corrected chi connectivity index (χ4v) is 1.96. The molecular weight excluding hydrogens is 293 g/mol. The molecule has 0 saturated heterocycles. The number of nitrogens with one attached hydrogen (secondary N) is 1. The van der Waals surface area contributed by atoms with Crippen LogP contribution in [0.3, 0.4) is 0 Å². The lowest BCUT2D eigenvalue weighted by atomic mass is 10.2. The molecule has 2 aromatic carbocycles. The maximum atomic E-state index is 12.8. The fourth-order valence-electron chi connectivity index (χ4n) is 1.96. The first-order valence-electron chi connectivity index (χ1n) is 7.65. The maximum Gasteiger partial charge on any atom is 0.248 e. The lowest BCUT2D eigenvalue weighted by Crippen LogP contribution is -2.07. The minimum absolute atomic E-state index is 0.278. The van der Waals surface area contributed by atoms with E-state index in [2.05, 4.69) is 12.2 Å². The van der Waals surface area contributed by atoms with Crippen LogP contribution in [0.1, 0.15) is 25.3 Å². The smallest absolute Gasteiger partial charge is 0.248 e. The van der Waals surface area contributed by atoms with Gasteiger partial charge < -0.3 is 10.1 Å². The van der Waals surface area contributed by atoms with Gasteiger partial charge in [-0.1, -0.05) is 31.5 Å². The lowest BCUT2D eigenvalue weighted by molar-refractivity contribution is -0.111. The molecule has 4 heteroatoms. The number of hydrogen-bond acceptors (Lipinski definition) is 2. The van der Waals surface area contributed by atoms with Crippen molar-refractivity contribution in [2.24, 2.45) is 0 Å². The number of halogens is 1. The fraction of sp³-hybridized carbons (Fsp3) is 0.211. The van der Waals surface area contributed by atoms with Gasteiger partial charge in [0.1, 0.15) is 11.6 Å². The number of unbranched alkanes of at least 4 members (excludes halogenated alkanes) is 1. The SMILES string of the molecule is CCCCOc1ccccc1C=CC(=O)Nc1ccc(F)cc1. The van der Waals surface area contributed by atoms with E-state index < -0.39 is 0 Å². The van der Waals surface area contributed by atoms with E-state index in [0.29, 0.717) is 12.3 Å². The maximum absolute atomic E-state index is 12.8. The van der Waals surface area contributed by atoms with Crippen LogP contribution in [0.25, 0.3) is 6.08 Å². The molecule has 0 atom stereocenters. The third-order valence-corrected chi connectivity index (χ3v) is 3.20. The van der Waals surface area contributed by atoms with Crippen LogP contribution in [0.5, 0.6) is 5.75 Å². The van der Waals surface area contributed by atoms with Crippen molar-refractivity contribution in [3.05, 3.63) is 66.0 Å².